The zero-order valence-corrected chi connectivity index (χ0v) is 14.2. The van der Waals surface area contributed by atoms with Gasteiger partial charge in [0.2, 0.25) is 15.0 Å². The number of aryl methyl sites for hydroxylation is 2. The molecule has 0 bridgehead atoms. The van der Waals surface area contributed by atoms with Crippen molar-refractivity contribution in [2.75, 3.05) is 5.75 Å². The highest BCUT2D eigenvalue weighted by atomic mass is 32.2. The van der Waals surface area contributed by atoms with Crippen molar-refractivity contribution in [1.82, 2.24) is 19.7 Å². The minimum atomic E-state index is -3.43. The zero-order valence-electron chi connectivity index (χ0n) is 12.6. The lowest BCUT2D eigenvalue weighted by Gasteiger charge is -2.25. The lowest BCUT2D eigenvalue weighted by molar-refractivity contribution is 0.329. The normalized spacial score (nSPS) is 17.0. The lowest BCUT2D eigenvalue weighted by atomic mass is 9.95. The number of hydrogen-bond acceptors (Lipinski definition) is 6. The van der Waals surface area contributed by atoms with Gasteiger partial charge in [-0.3, -0.25) is 9.55 Å². The molecule has 0 saturated heterocycles. The number of sulfone groups is 1. The first-order valence-corrected chi connectivity index (χ1v) is 10.1. The van der Waals surface area contributed by atoms with Crippen molar-refractivity contribution in [3.8, 4) is 0 Å². The Bertz CT molecular complexity index is 716. The molecule has 0 aromatic carbocycles. The van der Waals surface area contributed by atoms with Gasteiger partial charge in [0.1, 0.15) is 5.82 Å². The van der Waals surface area contributed by atoms with E-state index in [0.29, 0.717) is 12.2 Å². The van der Waals surface area contributed by atoms with E-state index in [4.69, 9.17) is 0 Å². The van der Waals surface area contributed by atoms with Crippen LogP contribution in [-0.4, -0.2) is 33.9 Å². The predicted molar refractivity (Wildman–Crippen MR) is 84.8 cm³/mol. The van der Waals surface area contributed by atoms with Crippen molar-refractivity contribution in [1.29, 1.82) is 0 Å². The maximum absolute atomic E-state index is 12.7. The summed E-state index contributed by atoms with van der Waals surface area (Å²) in [5, 5.41) is 8.14. The van der Waals surface area contributed by atoms with Crippen molar-refractivity contribution < 1.29 is 8.42 Å². The van der Waals surface area contributed by atoms with E-state index in [9.17, 15) is 8.42 Å². The van der Waals surface area contributed by atoms with Crippen LogP contribution in [0.5, 0.6) is 0 Å². The Balaban J connectivity index is 1.83. The summed E-state index contributed by atoms with van der Waals surface area (Å²) in [6.45, 7) is 1.84. The van der Waals surface area contributed by atoms with Gasteiger partial charge in [0, 0.05) is 17.1 Å². The Kier molecular flexibility index (Phi) is 4.58. The van der Waals surface area contributed by atoms with Crippen LogP contribution in [0.3, 0.4) is 0 Å². The fraction of sp³-hybridized carbons (Fsp3) is 0.643. The molecule has 1 aliphatic rings. The highest BCUT2D eigenvalue weighted by Gasteiger charge is 2.28. The van der Waals surface area contributed by atoms with Crippen LogP contribution in [0.15, 0.2) is 16.9 Å². The largest absolute Gasteiger partial charge is 0.299 e. The third kappa shape index (κ3) is 3.22. The SMILES string of the molecule is Cc1nnc(S(=O)(=O)CCc2cncs2)n1C1CCCCC1. The minimum absolute atomic E-state index is 0.0556. The van der Waals surface area contributed by atoms with E-state index in [1.54, 1.807) is 11.7 Å². The first kappa shape index (κ1) is 15.6. The number of aromatic nitrogens is 4. The molecule has 1 aliphatic carbocycles. The summed E-state index contributed by atoms with van der Waals surface area (Å²) in [6, 6.07) is 0.219. The molecular formula is C14H20N4O2S2. The molecule has 3 rings (SSSR count). The van der Waals surface area contributed by atoms with Gasteiger partial charge in [-0.15, -0.1) is 21.5 Å². The first-order chi connectivity index (χ1) is 10.6. The quantitative estimate of drug-likeness (QED) is 0.836. The maximum Gasteiger partial charge on any atom is 0.249 e. The highest BCUT2D eigenvalue weighted by Crippen LogP contribution is 2.31. The molecule has 0 atom stereocenters. The fourth-order valence-corrected chi connectivity index (χ4v) is 5.16. The van der Waals surface area contributed by atoms with Gasteiger partial charge in [0.25, 0.3) is 0 Å². The average Bonchev–Trinajstić information content (AvgIpc) is 3.16. The molecule has 0 aliphatic heterocycles. The van der Waals surface area contributed by atoms with Gasteiger partial charge < -0.3 is 0 Å². The van der Waals surface area contributed by atoms with Crippen LogP contribution in [0.2, 0.25) is 0 Å². The van der Waals surface area contributed by atoms with E-state index < -0.39 is 9.84 Å². The van der Waals surface area contributed by atoms with Crippen LogP contribution in [0.4, 0.5) is 0 Å². The second-order valence-corrected chi connectivity index (χ2v) is 8.70. The van der Waals surface area contributed by atoms with Gasteiger partial charge in [0.05, 0.1) is 11.3 Å². The van der Waals surface area contributed by atoms with Crippen LogP contribution in [-0.2, 0) is 16.3 Å². The van der Waals surface area contributed by atoms with E-state index in [0.717, 1.165) is 30.6 Å². The van der Waals surface area contributed by atoms with E-state index in [1.165, 1.54) is 17.8 Å². The van der Waals surface area contributed by atoms with Gasteiger partial charge in [-0.25, -0.2) is 8.42 Å². The third-order valence-corrected chi connectivity index (χ3v) is 6.57. The molecule has 2 aromatic heterocycles. The molecule has 1 saturated carbocycles. The average molecular weight is 340 g/mol. The topological polar surface area (TPSA) is 77.7 Å². The molecule has 120 valence electrons. The zero-order chi connectivity index (χ0) is 15.6. The molecule has 0 amide bonds. The number of hydrogen-bond donors (Lipinski definition) is 0. The van der Waals surface area contributed by atoms with Crippen molar-refractivity contribution in [2.45, 2.75) is 56.6 Å². The number of thiazole rings is 1. The maximum atomic E-state index is 12.7. The summed E-state index contributed by atoms with van der Waals surface area (Å²) in [5.41, 5.74) is 1.72. The molecule has 8 heteroatoms. The van der Waals surface area contributed by atoms with E-state index in [1.807, 2.05) is 11.5 Å². The number of rotatable bonds is 5. The summed E-state index contributed by atoms with van der Waals surface area (Å²) in [5.74, 6) is 0.753. The molecule has 22 heavy (non-hydrogen) atoms. The Labute approximate surface area is 134 Å². The summed E-state index contributed by atoms with van der Waals surface area (Å²) in [6.07, 6.45) is 7.73. The van der Waals surface area contributed by atoms with E-state index in [-0.39, 0.29) is 17.0 Å². The smallest absolute Gasteiger partial charge is 0.249 e. The molecule has 0 spiro atoms. The molecule has 2 heterocycles. The van der Waals surface area contributed by atoms with Crippen molar-refractivity contribution >= 4 is 21.2 Å². The predicted octanol–water partition coefficient (Wildman–Crippen LogP) is 2.56. The summed E-state index contributed by atoms with van der Waals surface area (Å²) >= 11 is 1.48. The molecule has 0 radical (unpaired) electrons. The second kappa shape index (κ2) is 6.45. The molecule has 2 aromatic rings. The van der Waals surface area contributed by atoms with Gasteiger partial charge >= 0.3 is 0 Å². The van der Waals surface area contributed by atoms with Crippen molar-refractivity contribution in [2.24, 2.45) is 0 Å². The lowest BCUT2D eigenvalue weighted by Crippen LogP contribution is -2.21. The van der Waals surface area contributed by atoms with Crippen LogP contribution in [0.25, 0.3) is 0 Å². The third-order valence-electron chi connectivity index (χ3n) is 4.15. The Morgan fingerprint density at radius 2 is 2.05 bits per heavy atom. The van der Waals surface area contributed by atoms with Crippen LogP contribution >= 0.6 is 11.3 Å². The van der Waals surface area contributed by atoms with E-state index >= 15 is 0 Å². The van der Waals surface area contributed by atoms with Gasteiger partial charge in [-0.1, -0.05) is 19.3 Å². The minimum Gasteiger partial charge on any atom is -0.299 e. The Morgan fingerprint density at radius 3 is 2.73 bits per heavy atom. The van der Waals surface area contributed by atoms with Gasteiger partial charge in [0.15, 0.2) is 0 Å². The van der Waals surface area contributed by atoms with Gasteiger partial charge in [-0.2, -0.15) is 0 Å². The van der Waals surface area contributed by atoms with Gasteiger partial charge in [-0.05, 0) is 26.2 Å². The standard InChI is InChI=1S/C14H20N4O2S2/c1-11-16-17-14(18(11)12-5-3-2-4-6-12)22(19,20)8-7-13-9-15-10-21-13/h9-10,12H,2-8H2,1H3. The molecule has 6 nitrogen and oxygen atoms in total. The van der Waals surface area contributed by atoms with Crippen LogP contribution in [0, 0.1) is 6.92 Å². The molecule has 0 unspecified atom stereocenters. The Hall–Kier alpha value is -1.28. The van der Waals surface area contributed by atoms with Crippen LogP contribution in [0.1, 0.15) is 48.8 Å². The monoisotopic (exact) mass is 340 g/mol. The Morgan fingerprint density at radius 1 is 1.27 bits per heavy atom. The fourth-order valence-electron chi connectivity index (χ4n) is 3.01. The number of nitrogens with zero attached hydrogens (tertiary/aromatic N) is 4. The molecular weight excluding hydrogens is 320 g/mol. The molecule has 0 N–H and O–H groups in total. The van der Waals surface area contributed by atoms with E-state index in [2.05, 4.69) is 15.2 Å². The molecule has 1 fully saturated rings. The summed E-state index contributed by atoms with van der Waals surface area (Å²) in [7, 11) is -3.43. The second-order valence-electron chi connectivity index (χ2n) is 5.73. The van der Waals surface area contributed by atoms with Crippen LogP contribution < -0.4 is 0 Å². The van der Waals surface area contributed by atoms with Crippen molar-refractivity contribution in [3.05, 3.63) is 22.4 Å². The summed E-state index contributed by atoms with van der Waals surface area (Å²) in [4.78, 5) is 4.96. The summed E-state index contributed by atoms with van der Waals surface area (Å²) < 4.78 is 27.2. The highest BCUT2D eigenvalue weighted by molar-refractivity contribution is 7.91. The first-order valence-electron chi connectivity index (χ1n) is 7.59. The van der Waals surface area contributed by atoms with Crippen molar-refractivity contribution in [3.63, 3.8) is 0 Å².